The fraction of sp³-hybridized carbons (Fsp3) is 0.0952. The summed E-state index contributed by atoms with van der Waals surface area (Å²) >= 11 is 5.32. The Morgan fingerprint density at radius 3 is 2.81 bits per heavy atom. The Bertz CT molecular complexity index is 976. The van der Waals surface area contributed by atoms with Crippen LogP contribution in [0.2, 0.25) is 0 Å². The summed E-state index contributed by atoms with van der Waals surface area (Å²) in [4.78, 5) is 12.0. The summed E-state index contributed by atoms with van der Waals surface area (Å²) in [6, 6.07) is 18.1. The highest BCUT2D eigenvalue weighted by Gasteiger charge is 2.13. The maximum absolute atomic E-state index is 10.9. The van der Waals surface area contributed by atoms with Crippen molar-refractivity contribution in [3.63, 3.8) is 0 Å². The van der Waals surface area contributed by atoms with E-state index in [1.165, 1.54) is 11.1 Å². The molecule has 3 nitrogen and oxygen atoms in total. The van der Waals surface area contributed by atoms with Gasteiger partial charge in [-0.25, -0.2) is 0 Å². The van der Waals surface area contributed by atoms with Gasteiger partial charge in [-0.2, -0.15) is 0 Å². The van der Waals surface area contributed by atoms with Crippen LogP contribution in [-0.2, 0) is 11.4 Å². The lowest BCUT2D eigenvalue weighted by molar-refractivity contribution is -0.105. The van der Waals surface area contributed by atoms with Crippen molar-refractivity contribution in [1.82, 2.24) is 0 Å². The molecule has 3 aromatic rings. The van der Waals surface area contributed by atoms with E-state index in [0.29, 0.717) is 18.8 Å². The molecule has 4 rings (SSSR count). The molecule has 0 bridgehead atoms. The normalized spacial score (nSPS) is 12.7. The average molecular weight is 427 g/mol. The van der Waals surface area contributed by atoms with Crippen molar-refractivity contribution in [2.75, 3.05) is 6.61 Å². The number of aldehydes is 1. The maximum atomic E-state index is 10.9. The van der Waals surface area contributed by atoms with Gasteiger partial charge in [0.05, 0.1) is 3.79 Å². The SMILES string of the molecule is O=CC1=Cc2ccc(OCc3cc(-c4ccccc4)c(Br)s3)cc2OC1. The summed E-state index contributed by atoms with van der Waals surface area (Å²) in [6.07, 6.45) is 2.67. The quantitative estimate of drug-likeness (QED) is 0.488. The molecule has 130 valence electrons. The largest absolute Gasteiger partial charge is 0.488 e. The molecule has 1 aliphatic heterocycles. The third-order valence-corrected chi connectivity index (χ3v) is 5.89. The molecule has 0 saturated carbocycles. The topological polar surface area (TPSA) is 35.5 Å². The highest BCUT2D eigenvalue weighted by Crippen LogP contribution is 2.37. The molecule has 2 heterocycles. The summed E-state index contributed by atoms with van der Waals surface area (Å²) in [5.41, 5.74) is 3.90. The number of rotatable bonds is 5. The van der Waals surface area contributed by atoms with Crippen LogP contribution in [-0.4, -0.2) is 12.9 Å². The molecule has 0 spiro atoms. The molecule has 0 radical (unpaired) electrons. The first-order chi connectivity index (χ1) is 12.7. The number of hydrogen-bond donors (Lipinski definition) is 0. The van der Waals surface area contributed by atoms with Crippen molar-refractivity contribution in [2.45, 2.75) is 6.61 Å². The van der Waals surface area contributed by atoms with Gasteiger partial charge in [0.25, 0.3) is 0 Å². The summed E-state index contributed by atoms with van der Waals surface area (Å²) in [6.45, 7) is 0.794. The van der Waals surface area contributed by atoms with Crippen molar-refractivity contribution in [3.05, 3.63) is 74.4 Å². The van der Waals surface area contributed by atoms with Gasteiger partial charge in [0.1, 0.15) is 31.0 Å². The van der Waals surface area contributed by atoms with E-state index in [9.17, 15) is 4.79 Å². The molecular weight excluding hydrogens is 412 g/mol. The van der Waals surface area contributed by atoms with Gasteiger partial charge in [-0.05, 0) is 45.8 Å². The van der Waals surface area contributed by atoms with Crippen molar-refractivity contribution in [3.8, 4) is 22.6 Å². The number of ether oxygens (including phenoxy) is 2. The van der Waals surface area contributed by atoms with Crippen molar-refractivity contribution in [1.29, 1.82) is 0 Å². The third kappa shape index (κ3) is 3.59. The number of thiophene rings is 1. The average Bonchev–Trinajstić information content (AvgIpc) is 3.07. The van der Waals surface area contributed by atoms with E-state index in [4.69, 9.17) is 9.47 Å². The van der Waals surface area contributed by atoms with Gasteiger partial charge in [0, 0.05) is 27.6 Å². The summed E-state index contributed by atoms with van der Waals surface area (Å²) in [5, 5.41) is 0. The van der Waals surface area contributed by atoms with Gasteiger partial charge in [-0.1, -0.05) is 30.3 Å². The van der Waals surface area contributed by atoms with Crippen LogP contribution < -0.4 is 9.47 Å². The van der Waals surface area contributed by atoms with Crippen LogP contribution >= 0.6 is 27.3 Å². The molecule has 0 amide bonds. The van der Waals surface area contributed by atoms with Crippen LogP contribution in [0, 0.1) is 0 Å². The molecule has 26 heavy (non-hydrogen) atoms. The summed E-state index contributed by atoms with van der Waals surface area (Å²) in [5.74, 6) is 1.49. The monoisotopic (exact) mass is 426 g/mol. The number of fused-ring (bicyclic) bond motifs is 1. The molecule has 0 saturated heterocycles. The first-order valence-electron chi connectivity index (χ1n) is 8.12. The molecule has 0 fully saturated rings. The Morgan fingerprint density at radius 1 is 1.15 bits per heavy atom. The van der Waals surface area contributed by atoms with Crippen LogP contribution in [0.5, 0.6) is 11.5 Å². The summed E-state index contributed by atoms with van der Waals surface area (Å²) in [7, 11) is 0. The Morgan fingerprint density at radius 2 is 2.00 bits per heavy atom. The van der Waals surface area contributed by atoms with E-state index in [2.05, 4.69) is 34.1 Å². The van der Waals surface area contributed by atoms with E-state index in [1.807, 2.05) is 42.5 Å². The molecule has 1 aromatic heterocycles. The van der Waals surface area contributed by atoms with Crippen LogP contribution in [0.4, 0.5) is 0 Å². The van der Waals surface area contributed by atoms with Crippen LogP contribution in [0.25, 0.3) is 17.2 Å². The molecule has 2 aromatic carbocycles. The smallest absolute Gasteiger partial charge is 0.149 e. The molecule has 5 heteroatoms. The van der Waals surface area contributed by atoms with Crippen molar-refractivity contribution in [2.24, 2.45) is 0 Å². The number of hydrogen-bond acceptors (Lipinski definition) is 4. The van der Waals surface area contributed by atoms with Gasteiger partial charge in [0.15, 0.2) is 0 Å². The number of halogens is 1. The number of carbonyl (C=O) groups is 1. The van der Waals surface area contributed by atoms with Crippen LogP contribution in [0.1, 0.15) is 10.4 Å². The third-order valence-electron chi connectivity index (χ3n) is 4.08. The Labute approximate surface area is 164 Å². The number of carbonyl (C=O) groups excluding carboxylic acids is 1. The molecule has 0 aliphatic carbocycles. The van der Waals surface area contributed by atoms with E-state index in [-0.39, 0.29) is 0 Å². The van der Waals surface area contributed by atoms with Gasteiger partial charge < -0.3 is 9.47 Å². The van der Waals surface area contributed by atoms with Crippen molar-refractivity contribution < 1.29 is 14.3 Å². The van der Waals surface area contributed by atoms with E-state index >= 15 is 0 Å². The first-order valence-corrected chi connectivity index (χ1v) is 9.73. The fourth-order valence-corrected chi connectivity index (χ4v) is 4.56. The molecule has 0 atom stereocenters. The molecule has 0 N–H and O–H groups in total. The summed E-state index contributed by atoms with van der Waals surface area (Å²) < 4.78 is 12.7. The van der Waals surface area contributed by atoms with Crippen molar-refractivity contribution >= 4 is 39.6 Å². The standard InChI is InChI=1S/C21H15BrO3S/c22-21-19(15-4-2-1-3-5-15)10-18(26-21)13-24-17-7-6-16-8-14(11-23)12-25-20(16)9-17/h1-11H,12-13H2. The predicted molar refractivity (Wildman–Crippen MR) is 108 cm³/mol. The van der Waals surface area contributed by atoms with E-state index < -0.39 is 0 Å². The maximum Gasteiger partial charge on any atom is 0.149 e. The second-order valence-electron chi connectivity index (χ2n) is 5.88. The second-order valence-corrected chi connectivity index (χ2v) is 8.33. The minimum Gasteiger partial charge on any atom is -0.488 e. The highest BCUT2D eigenvalue weighted by molar-refractivity contribution is 9.11. The van der Waals surface area contributed by atoms with E-state index in [0.717, 1.165) is 32.0 Å². The van der Waals surface area contributed by atoms with Gasteiger partial charge in [-0.3, -0.25) is 4.79 Å². The van der Waals surface area contributed by atoms with Crippen LogP contribution in [0.3, 0.4) is 0 Å². The molecule has 0 unspecified atom stereocenters. The zero-order valence-electron chi connectivity index (χ0n) is 13.8. The molecule has 1 aliphatic rings. The Kier molecular flexibility index (Phi) is 4.91. The predicted octanol–water partition coefficient (Wildman–Crippen LogP) is 5.73. The zero-order valence-corrected chi connectivity index (χ0v) is 16.2. The lowest BCUT2D eigenvalue weighted by Gasteiger charge is -2.16. The lowest BCUT2D eigenvalue weighted by atomic mass is 10.1. The Hall–Kier alpha value is -2.37. The zero-order chi connectivity index (χ0) is 17.9. The second kappa shape index (κ2) is 7.48. The van der Waals surface area contributed by atoms with Crippen LogP contribution in [0.15, 0.2) is 64.0 Å². The Balaban J connectivity index is 1.49. The van der Waals surface area contributed by atoms with Gasteiger partial charge >= 0.3 is 0 Å². The number of benzene rings is 2. The minimum absolute atomic E-state index is 0.304. The van der Waals surface area contributed by atoms with Gasteiger partial charge in [0.2, 0.25) is 0 Å². The minimum atomic E-state index is 0.304. The lowest BCUT2D eigenvalue weighted by Crippen LogP contribution is -2.08. The fourth-order valence-electron chi connectivity index (χ4n) is 2.78. The first kappa shape index (κ1) is 17.1. The van der Waals surface area contributed by atoms with Gasteiger partial charge in [-0.15, -0.1) is 11.3 Å². The van der Waals surface area contributed by atoms with E-state index in [1.54, 1.807) is 11.3 Å². The highest BCUT2D eigenvalue weighted by atomic mass is 79.9. The molecular formula is C21H15BrO3S.